The van der Waals surface area contributed by atoms with Crippen molar-refractivity contribution in [2.45, 2.75) is 6.92 Å². The van der Waals surface area contributed by atoms with Gasteiger partial charge in [0.05, 0.1) is 14.2 Å². The number of methoxy groups -OCH3 is 2. The van der Waals surface area contributed by atoms with Crippen LogP contribution in [0, 0.1) is 0 Å². The highest BCUT2D eigenvalue weighted by Crippen LogP contribution is 2.33. The lowest BCUT2D eigenvalue weighted by Crippen LogP contribution is -2.13. The van der Waals surface area contributed by atoms with Gasteiger partial charge in [-0.2, -0.15) is 5.10 Å². The number of aromatic nitrogens is 2. The van der Waals surface area contributed by atoms with E-state index in [9.17, 15) is 4.79 Å². The van der Waals surface area contributed by atoms with E-state index in [0.717, 1.165) is 5.56 Å². The van der Waals surface area contributed by atoms with Gasteiger partial charge in [-0.05, 0) is 19.1 Å². The van der Waals surface area contributed by atoms with Crippen LogP contribution in [0.15, 0.2) is 30.5 Å². The van der Waals surface area contributed by atoms with Gasteiger partial charge in [0.25, 0.3) is 5.91 Å². The zero-order chi connectivity index (χ0) is 16.1. The monoisotopic (exact) mass is 301 g/mol. The van der Waals surface area contributed by atoms with Crippen LogP contribution in [0.1, 0.15) is 22.8 Å². The highest BCUT2D eigenvalue weighted by molar-refractivity contribution is 6.04. The van der Waals surface area contributed by atoms with Crippen molar-refractivity contribution in [1.82, 2.24) is 9.78 Å². The lowest BCUT2D eigenvalue weighted by Gasteiger charge is -2.13. The molecule has 0 bridgehead atoms. The van der Waals surface area contributed by atoms with Crippen molar-refractivity contribution in [3.8, 4) is 11.5 Å². The van der Waals surface area contributed by atoms with E-state index in [1.807, 2.05) is 19.1 Å². The zero-order valence-electron chi connectivity index (χ0n) is 13.1. The molecule has 0 atom stereocenters. The molecule has 1 N–H and O–H groups in total. The van der Waals surface area contributed by atoms with Crippen molar-refractivity contribution in [2.75, 3.05) is 19.5 Å². The molecule has 22 heavy (non-hydrogen) atoms. The van der Waals surface area contributed by atoms with E-state index in [1.54, 1.807) is 43.2 Å². The number of ether oxygens (including phenoxy) is 2. The molecule has 0 aliphatic rings. The van der Waals surface area contributed by atoms with Gasteiger partial charge in [0.15, 0.2) is 17.3 Å². The van der Waals surface area contributed by atoms with Gasteiger partial charge in [-0.15, -0.1) is 0 Å². The molecule has 1 aromatic carbocycles. The fraction of sp³-hybridized carbons (Fsp3) is 0.250. The first kappa shape index (κ1) is 15.6. The van der Waals surface area contributed by atoms with Crippen molar-refractivity contribution in [2.24, 2.45) is 7.05 Å². The molecule has 0 saturated heterocycles. The third kappa shape index (κ3) is 3.28. The minimum atomic E-state index is -0.259. The molecular formula is C16H19N3O3. The number of rotatable bonds is 5. The standard InChI is InChI=1S/C16H19N3O3/c1-5-6-11-9-12(10-13(21-3)15(11)22-4)16(20)17-14-7-8-19(2)18-14/h5-10H,1-4H3,(H,17,18,20)/b6-5-. The van der Waals surface area contributed by atoms with Gasteiger partial charge in [-0.25, -0.2) is 0 Å². The van der Waals surface area contributed by atoms with E-state index >= 15 is 0 Å². The summed E-state index contributed by atoms with van der Waals surface area (Å²) < 4.78 is 12.3. The van der Waals surface area contributed by atoms with Crippen molar-refractivity contribution in [1.29, 1.82) is 0 Å². The molecule has 0 radical (unpaired) electrons. The van der Waals surface area contributed by atoms with Crippen molar-refractivity contribution in [3.63, 3.8) is 0 Å². The maximum atomic E-state index is 12.4. The summed E-state index contributed by atoms with van der Waals surface area (Å²) >= 11 is 0. The Balaban J connectivity index is 2.37. The smallest absolute Gasteiger partial charge is 0.257 e. The number of allylic oxidation sites excluding steroid dienone is 1. The quantitative estimate of drug-likeness (QED) is 0.922. The highest BCUT2D eigenvalue weighted by atomic mass is 16.5. The van der Waals surface area contributed by atoms with Crippen LogP contribution in [-0.4, -0.2) is 29.9 Å². The van der Waals surface area contributed by atoms with Gasteiger partial charge in [-0.3, -0.25) is 9.48 Å². The minimum Gasteiger partial charge on any atom is -0.493 e. The van der Waals surface area contributed by atoms with Gasteiger partial charge in [-0.1, -0.05) is 12.2 Å². The van der Waals surface area contributed by atoms with E-state index in [0.29, 0.717) is 22.9 Å². The van der Waals surface area contributed by atoms with E-state index in [2.05, 4.69) is 10.4 Å². The predicted molar refractivity (Wildman–Crippen MR) is 85.4 cm³/mol. The van der Waals surface area contributed by atoms with E-state index in [4.69, 9.17) is 9.47 Å². The predicted octanol–water partition coefficient (Wildman–Crippen LogP) is 2.72. The first-order valence-corrected chi connectivity index (χ1v) is 6.78. The zero-order valence-corrected chi connectivity index (χ0v) is 13.1. The molecule has 0 spiro atoms. The number of amides is 1. The third-order valence-corrected chi connectivity index (χ3v) is 3.07. The minimum absolute atomic E-state index is 0.259. The van der Waals surface area contributed by atoms with E-state index < -0.39 is 0 Å². The Kier molecular flexibility index (Phi) is 4.83. The fourth-order valence-corrected chi connectivity index (χ4v) is 2.10. The van der Waals surface area contributed by atoms with E-state index in [1.165, 1.54) is 7.11 Å². The van der Waals surface area contributed by atoms with Crippen LogP contribution >= 0.6 is 0 Å². The number of hydrogen-bond acceptors (Lipinski definition) is 4. The van der Waals surface area contributed by atoms with Crippen LogP contribution in [0.5, 0.6) is 11.5 Å². The second kappa shape index (κ2) is 6.80. The Bertz CT molecular complexity index is 705. The van der Waals surface area contributed by atoms with Crippen LogP contribution < -0.4 is 14.8 Å². The van der Waals surface area contributed by atoms with Crippen molar-refractivity contribution < 1.29 is 14.3 Å². The number of hydrogen-bond donors (Lipinski definition) is 1. The Morgan fingerprint density at radius 2 is 2.09 bits per heavy atom. The summed E-state index contributed by atoms with van der Waals surface area (Å²) in [7, 11) is 4.90. The van der Waals surface area contributed by atoms with E-state index in [-0.39, 0.29) is 5.91 Å². The summed E-state index contributed by atoms with van der Waals surface area (Å²) in [6.45, 7) is 1.90. The topological polar surface area (TPSA) is 65.4 Å². The average molecular weight is 301 g/mol. The molecule has 0 aliphatic carbocycles. The molecule has 0 unspecified atom stereocenters. The van der Waals surface area contributed by atoms with Gasteiger partial charge in [0.2, 0.25) is 0 Å². The summed E-state index contributed by atoms with van der Waals surface area (Å²) in [4.78, 5) is 12.4. The van der Waals surface area contributed by atoms with Crippen molar-refractivity contribution in [3.05, 3.63) is 41.6 Å². The largest absolute Gasteiger partial charge is 0.493 e. The van der Waals surface area contributed by atoms with Crippen LogP contribution in [0.3, 0.4) is 0 Å². The summed E-state index contributed by atoms with van der Waals surface area (Å²) in [5.74, 6) is 1.33. The van der Waals surface area contributed by atoms with Crippen LogP contribution in [0.2, 0.25) is 0 Å². The summed E-state index contributed by atoms with van der Waals surface area (Å²) in [6.07, 6.45) is 5.49. The number of anilines is 1. The molecule has 116 valence electrons. The number of carbonyl (C=O) groups excluding carboxylic acids is 1. The molecule has 0 aliphatic heterocycles. The van der Waals surface area contributed by atoms with Gasteiger partial charge in [0, 0.05) is 30.4 Å². The molecule has 6 heteroatoms. The van der Waals surface area contributed by atoms with Crippen molar-refractivity contribution >= 4 is 17.8 Å². The molecule has 1 heterocycles. The maximum absolute atomic E-state index is 12.4. The molecule has 1 amide bonds. The summed E-state index contributed by atoms with van der Waals surface area (Å²) in [5, 5.41) is 6.87. The third-order valence-electron chi connectivity index (χ3n) is 3.07. The average Bonchev–Trinajstić information content (AvgIpc) is 2.91. The maximum Gasteiger partial charge on any atom is 0.257 e. The molecule has 0 saturated carbocycles. The van der Waals surface area contributed by atoms with Gasteiger partial charge >= 0.3 is 0 Å². The number of nitrogens with zero attached hydrogens (tertiary/aromatic N) is 2. The Morgan fingerprint density at radius 1 is 1.32 bits per heavy atom. The Labute approximate surface area is 129 Å². The van der Waals surface area contributed by atoms with Gasteiger partial charge in [0.1, 0.15) is 0 Å². The molecule has 2 rings (SSSR count). The van der Waals surface area contributed by atoms with Gasteiger partial charge < -0.3 is 14.8 Å². The lowest BCUT2D eigenvalue weighted by atomic mass is 10.1. The first-order valence-electron chi connectivity index (χ1n) is 6.78. The Hall–Kier alpha value is -2.76. The molecule has 2 aromatic rings. The highest BCUT2D eigenvalue weighted by Gasteiger charge is 2.15. The van der Waals surface area contributed by atoms with Crippen LogP contribution in [0.25, 0.3) is 6.08 Å². The lowest BCUT2D eigenvalue weighted by molar-refractivity contribution is 0.102. The number of benzene rings is 1. The number of aryl methyl sites for hydroxylation is 1. The molecule has 1 aromatic heterocycles. The SMILES string of the molecule is C/C=C\c1cc(C(=O)Nc2ccn(C)n2)cc(OC)c1OC. The molecular weight excluding hydrogens is 282 g/mol. The second-order valence-corrected chi connectivity index (χ2v) is 4.63. The summed E-state index contributed by atoms with van der Waals surface area (Å²) in [5.41, 5.74) is 1.24. The summed E-state index contributed by atoms with van der Waals surface area (Å²) in [6, 6.07) is 5.12. The molecule has 6 nitrogen and oxygen atoms in total. The Morgan fingerprint density at radius 3 is 2.64 bits per heavy atom. The number of nitrogens with one attached hydrogen (secondary N) is 1. The number of carbonyl (C=O) groups is 1. The normalized spacial score (nSPS) is 10.7. The van der Waals surface area contributed by atoms with Crippen LogP contribution in [0.4, 0.5) is 5.82 Å². The molecule has 0 fully saturated rings. The first-order chi connectivity index (χ1) is 10.6. The fourth-order valence-electron chi connectivity index (χ4n) is 2.10. The van der Waals surface area contributed by atoms with Crippen LogP contribution in [-0.2, 0) is 7.05 Å². The second-order valence-electron chi connectivity index (χ2n) is 4.63.